The molecular formula is C10H11N3O. The van der Waals surface area contributed by atoms with E-state index in [9.17, 15) is 0 Å². The molecule has 0 radical (unpaired) electrons. The SMILES string of the molecule is CCCc1noc(-c2ccccn2)n1. The van der Waals surface area contributed by atoms with Gasteiger partial charge in [-0.15, -0.1) is 0 Å². The molecule has 0 atom stereocenters. The first-order valence-corrected chi connectivity index (χ1v) is 4.64. The van der Waals surface area contributed by atoms with Crippen LogP contribution in [0.4, 0.5) is 0 Å². The number of hydrogen-bond donors (Lipinski definition) is 0. The van der Waals surface area contributed by atoms with Gasteiger partial charge in [0.2, 0.25) is 0 Å². The van der Waals surface area contributed by atoms with Crippen LogP contribution in [0, 0.1) is 0 Å². The van der Waals surface area contributed by atoms with Gasteiger partial charge in [-0.1, -0.05) is 18.1 Å². The smallest absolute Gasteiger partial charge is 0.276 e. The molecule has 0 bridgehead atoms. The third-order valence-electron chi connectivity index (χ3n) is 1.83. The van der Waals surface area contributed by atoms with Crippen LogP contribution in [0.15, 0.2) is 28.9 Å². The van der Waals surface area contributed by atoms with Crippen LogP contribution in [0.2, 0.25) is 0 Å². The van der Waals surface area contributed by atoms with Crippen LogP contribution < -0.4 is 0 Å². The van der Waals surface area contributed by atoms with Gasteiger partial charge in [-0.3, -0.25) is 4.98 Å². The molecule has 0 fully saturated rings. The normalized spacial score (nSPS) is 10.4. The van der Waals surface area contributed by atoms with Crippen LogP contribution in [0.25, 0.3) is 11.6 Å². The van der Waals surface area contributed by atoms with Crippen molar-refractivity contribution in [3.05, 3.63) is 30.2 Å². The number of rotatable bonds is 3. The van der Waals surface area contributed by atoms with Gasteiger partial charge in [-0.25, -0.2) is 0 Å². The zero-order valence-corrected chi connectivity index (χ0v) is 7.97. The van der Waals surface area contributed by atoms with E-state index >= 15 is 0 Å². The molecule has 4 nitrogen and oxygen atoms in total. The van der Waals surface area contributed by atoms with Gasteiger partial charge < -0.3 is 4.52 Å². The van der Waals surface area contributed by atoms with E-state index in [1.165, 1.54) is 0 Å². The van der Waals surface area contributed by atoms with Crippen molar-refractivity contribution in [2.24, 2.45) is 0 Å². The Bertz CT molecular complexity index is 397. The maximum Gasteiger partial charge on any atom is 0.276 e. The predicted molar refractivity (Wildman–Crippen MR) is 51.5 cm³/mol. The number of aromatic nitrogens is 3. The minimum atomic E-state index is 0.494. The van der Waals surface area contributed by atoms with Crippen molar-refractivity contribution >= 4 is 0 Å². The van der Waals surface area contributed by atoms with Crippen molar-refractivity contribution in [3.63, 3.8) is 0 Å². The summed E-state index contributed by atoms with van der Waals surface area (Å²) in [5, 5.41) is 3.86. The summed E-state index contributed by atoms with van der Waals surface area (Å²) >= 11 is 0. The Labute approximate surface area is 82.0 Å². The molecule has 2 aromatic heterocycles. The van der Waals surface area contributed by atoms with Crippen LogP contribution in [0.1, 0.15) is 19.2 Å². The van der Waals surface area contributed by atoms with Crippen molar-refractivity contribution in [1.29, 1.82) is 0 Å². The van der Waals surface area contributed by atoms with Gasteiger partial charge >= 0.3 is 0 Å². The van der Waals surface area contributed by atoms with Crippen molar-refractivity contribution in [1.82, 2.24) is 15.1 Å². The highest BCUT2D eigenvalue weighted by molar-refractivity contribution is 5.45. The molecule has 0 saturated heterocycles. The Hall–Kier alpha value is -1.71. The first-order chi connectivity index (χ1) is 6.90. The number of hydrogen-bond acceptors (Lipinski definition) is 4. The molecule has 0 unspecified atom stereocenters. The van der Waals surface area contributed by atoms with Crippen LogP contribution in [0.5, 0.6) is 0 Å². The standard InChI is InChI=1S/C10H11N3O/c1-2-5-9-12-10(14-13-9)8-6-3-4-7-11-8/h3-4,6-7H,2,5H2,1H3. The molecule has 2 rings (SSSR count). The summed E-state index contributed by atoms with van der Waals surface area (Å²) in [7, 11) is 0. The van der Waals surface area contributed by atoms with E-state index in [-0.39, 0.29) is 0 Å². The second-order valence-electron chi connectivity index (χ2n) is 2.98. The zero-order valence-electron chi connectivity index (χ0n) is 7.97. The predicted octanol–water partition coefficient (Wildman–Crippen LogP) is 2.08. The molecule has 0 aliphatic carbocycles. The maximum absolute atomic E-state index is 5.08. The van der Waals surface area contributed by atoms with E-state index in [2.05, 4.69) is 22.0 Å². The molecule has 0 amide bonds. The number of aryl methyl sites for hydroxylation is 1. The summed E-state index contributed by atoms with van der Waals surface area (Å²) in [6.45, 7) is 2.08. The quantitative estimate of drug-likeness (QED) is 0.741. The fraction of sp³-hybridized carbons (Fsp3) is 0.300. The van der Waals surface area contributed by atoms with Gasteiger partial charge in [-0.2, -0.15) is 4.98 Å². The lowest BCUT2D eigenvalue weighted by Gasteiger charge is -1.89. The second kappa shape index (κ2) is 4.00. The van der Waals surface area contributed by atoms with Gasteiger partial charge in [0.05, 0.1) is 0 Å². The molecule has 14 heavy (non-hydrogen) atoms. The van der Waals surface area contributed by atoms with Crippen LogP contribution >= 0.6 is 0 Å². The number of pyridine rings is 1. The summed E-state index contributed by atoms with van der Waals surface area (Å²) in [5.74, 6) is 1.24. The molecule has 72 valence electrons. The lowest BCUT2D eigenvalue weighted by atomic mass is 10.3. The molecule has 0 spiro atoms. The summed E-state index contributed by atoms with van der Waals surface area (Å²) in [6.07, 6.45) is 3.57. The minimum absolute atomic E-state index is 0.494. The third-order valence-corrected chi connectivity index (χ3v) is 1.83. The summed E-state index contributed by atoms with van der Waals surface area (Å²) in [4.78, 5) is 8.36. The van der Waals surface area contributed by atoms with E-state index in [1.807, 2.05) is 18.2 Å². The first kappa shape index (κ1) is 8.87. The fourth-order valence-corrected chi connectivity index (χ4v) is 1.17. The van der Waals surface area contributed by atoms with E-state index in [0.29, 0.717) is 5.89 Å². The third kappa shape index (κ3) is 1.79. The molecule has 2 aromatic rings. The van der Waals surface area contributed by atoms with Crippen LogP contribution in [-0.2, 0) is 6.42 Å². The Morgan fingerprint density at radius 3 is 3.00 bits per heavy atom. The highest BCUT2D eigenvalue weighted by Crippen LogP contribution is 2.13. The van der Waals surface area contributed by atoms with E-state index < -0.39 is 0 Å². The molecular weight excluding hydrogens is 178 g/mol. The Morgan fingerprint density at radius 1 is 1.36 bits per heavy atom. The van der Waals surface area contributed by atoms with E-state index in [1.54, 1.807) is 6.20 Å². The molecule has 2 heterocycles. The van der Waals surface area contributed by atoms with Crippen molar-refractivity contribution in [2.75, 3.05) is 0 Å². The second-order valence-corrected chi connectivity index (χ2v) is 2.98. The Balaban J connectivity index is 2.25. The highest BCUT2D eigenvalue weighted by atomic mass is 16.5. The topological polar surface area (TPSA) is 51.8 Å². The number of nitrogens with zero attached hydrogens (tertiary/aromatic N) is 3. The average molecular weight is 189 g/mol. The Morgan fingerprint density at radius 2 is 2.29 bits per heavy atom. The van der Waals surface area contributed by atoms with Gasteiger partial charge in [-0.05, 0) is 18.6 Å². The average Bonchev–Trinajstić information content (AvgIpc) is 2.68. The minimum Gasteiger partial charge on any atom is -0.332 e. The fourth-order valence-electron chi connectivity index (χ4n) is 1.17. The zero-order chi connectivity index (χ0) is 9.80. The van der Waals surface area contributed by atoms with Crippen molar-refractivity contribution < 1.29 is 4.52 Å². The lowest BCUT2D eigenvalue weighted by Crippen LogP contribution is -1.86. The van der Waals surface area contributed by atoms with Gasteiger partial charge in [0.15, 0.2) is 5.82 Å². The van der Waals surface area contributed by atoms with Crippen LogP contribution in [-0.4, -0.2) is 15.1 Å². The molecule has 0 saturated carbocycles. The van der Waals surface area contributed by atoms with Gasteiger partial charge in [0.1, 0.15) is 5.69 Å². The van der Waals surface area contributed by atoms with Crippen LogP contribution in [0.3, 0.4) is 0 Å². The highest BCUT2D eigenvalue weighted by Gasteiger charge is 2.07. The molecule has 0 aliphatic heterocycles. The van der Waals surface area contributed by atoms with E-state index in [4.69, 9.17) is 4.52 Å². The molecule has 0 aliphatic rings. The summed E-state index contributed by atoms with van der Waals surface area (Å²) < 4.78 is 5.08. The largest absolute Gasteiger partial charge is 0.332 e. The first-order valence-electron chi connectivity index (χ1n) is 4.64. The van der Waals surface area contributed by atoms with Gasteiger partial charge in [0, 0.05) is 12.6 Å². The van der Waals surface area contributed by atoms with E-state index in [0.717, 1.165) is 24.4 Å². The van der Waals surface area contributed by atoms with Crippen molar-refractivity contribution in [3.8, 4) is 11.6 Å². The Kier molecular flexibility index (Phi) is 2.53. The summed E-state index contributed by atoms with van der Waals surface area (Å²) in [5.41, 5.74) is 0.724. The molecule has 0 aromatic carbocycles. The van der Waals surface area contributed by atoms with Gasteiger partial charge in [0.25, 0.3) is 5.89 Å². The monoisotopic (exact) mass is 189 g/mol. The summed E-state index contributed by atoms with van der Waals surface area (Å²) in [6, 6.07) is 5.60. The molecule has 0 N–H and O–H groups in total. The lowest BCUT2D eigenvalue weighted by molar-refractivity contribution is 0.421. The maximum atomic E-state index is 5.08. The van der Waals surface area contributed by atoms with Crippen molar-refractivity contribution in [2.45, 2.75) is 19.8 Å². The molecule has 4 heteroatoms.